The first kappa shape index (κ1) is 18.6. The topological polar surface area (TPSA) is 133 Å². The molecule has 0 unspecified atom stereocenters. The second-order valence-electron chi connectivity index (χ2n) is 4.09. The number of nitrogens with zero attached hydrogens (tertiary/aromatic N) is 3. The molecule has 1 heterocycles. The van der Waals surface area contributed by atoms with Gasteiger partial charge in [0.05, 0.1) is 13.2 Å². The first-order valence-corrected chi connectivity index (χ1v) is 6.75. The van der Waals surface area contributed by atoms with Crippen LogP contribution in [0.1, 0.15) is 6.92 Å². The highest BCUT2D eigenvalue weighted by Gasteiger charge is 2.10. The van der Waals surface area contributed by atoms with Crippen LogP contribution < -0.4 is 14.2 Å². The zero-order chi connectivity index (χ0) is 17.1. The SMILES string of the molecule is C=C(C)C(=O)OCCOc1nc(OCCO)nc(OCCO)n1. The van der Waals surface area contributed by atoms with Crippen LogP contribution in [0.2, 0.25) is 0 Å². The molecule has 2 N–H and O–H groups in total. The van der Waals surface area contributed by atoms with E-state index in [9.17, 15) is 4.79 Å². The fourth-order valence-corrected chi connectivity index (χ4v) is 1.18. The molecule has 0 spiro atoms. The number of hydrogen-bond donors (Lipinski definition) is 2. The van der Waals surface area contributed by atoms with Crippen molar-refractivity contribution in [2.45, 2.75) is 6.92 Å². The molecule has 0 radical (unpaired) electrons. The Bertz CT molecular complexity index is 498. The number of carbonyl (C=O) groups is 1. The lowest BCUT2D eigenvalue weighted by Crippen LogP contribution is -2.15. The van der Waals surface area contributed by atoms with Crippen molar-refractivity contribution >= 4 is 5.97 Å². The average Bonchev–Trinajstić information content (AvgIpc) is 2.54. The van der Waals surface area contributed by atoms with Crippen molar-refractivity contribution in [3.63, 3.8) is 0 Å². The molecule has 0 atom stereocenters. The highest BCUT2D eigenvalue weighted by atomic mass is 16.6. The Morgan fingerprint density at radius 3 is 1.74 bits per heavy atom. The fraction of sp³-hybridized carbons (Fsp3) is 0.538. The normalized spacial score (nSPS) is 10.0. The summed E-state index contributed by atoms with van der Waals surface area (Å²) in [5.41, 5.74) is 0.282. The van der Waals surface area contributed by atoms with E-state index in [4.69, 9.17) is 29.2 Å². The quantitative estimate of drug-likeness (QED) is 0.299. The number of aliphatic hydroxyl groups is 2. The average molecular weight is 329 g/mol. The predicted octanol–water partition coefficient (Wildman–Crippen LogP) is -0.888. The van der Waals surface area contributed by atoms with Crippen molar-refractivity contribution in [3.05, 3.63) is 12.2 Å². The second kappa shape index (κ2) is 10.3. The first-order valence-electron chi connectivity index (χ1n) is 6.75. The number of esters is 1. The van der Waals surface area contributed by atoms with Crippen molar-refractivity contribution in [1.82, 2.24) is 15.0 Å². The summed E-state index contributed by atoms with van der Waals surface area (Å²) in [5, 5.41) is 17.5. The fourth-order valence-electron chi connectivity index (χ4n) is 1.18. The Kier molecular flexibility index (Phi) is 8.32. The van der Waals surface area contributed by atoms with Crippen LogP contribution in [-0.2, 0) is 9.53 Å². The third-order valence-electron chi connectivity index (χ3n) is 2.11. The van der Waals surface area contributed by atoms with Crippen LogP contribution in [0.4, 0.5) is 0 Å². The summed E-state index contributed by atoms with van der Waals surface area (Å²) in [6, 6.07) is -0.306. The third kappa shape index (κ3) is 7.38. The number of rotatable bonds is 11. The van der Waals surface area contributed by atoms with Crippen LogP contribution >= 0.6 is 0 Å². The van der Waals surface area contributed by atoms with Crippen LogP contribution in [0.3, 0.4) is 0 Å². The second-order valence-corrected chi connectivity index (χ2v) is 4.09. The molecule has 1 aromatic heterocycles. The van der Waals surface area contributed by atoms with Gasteiger partial charge in [0.2, 0.25) is 0 Å². The summed E-state index contributed by atoms with van der Waals surface area (Å²) in [6.45, 7) is 4.50. The zero-order valence-electron chi connectivity index (χ0n) is 12.7. The van der Waals surface area contributed by atoms with Crippen molar-refractivity contribution in [1.29, 1.82) is 0 Å². The highest BCUT2D eigenvalue weighted by molar-refractivity contribution is 5.86. The van der Waals surface area contributed by atoms with Gasteiger partial charge in [-0.3, -0.25) is 0 Å². The van der Waals surface area contributed by atoms with Gasteiger partial charge in [0, 0.05) is 5.57 Å². The standard InChI is InChI=1S/C13H19N3O7/c1-9(2)10(19)20-7-8-23-13-15-11(21-5-3-17)14-12(16-13)22-6-4-18/h17-18H,1,3-8H2,2H3. The molecule has 128 valence electrons. The highest BCUT2D eigenvalue weighted by Crippen LogP contribution is 2.14. The van der Waals surface area contributed by atoms with Gasteiger partial charge in [0.1, 0.15) is 26.4 Å². The van der Waals surface area contributed by atoms with Gasteiger partial charge in [-0.2, -0.15) is 0 Å². The van der Waals surface area contributed by atoms with Crippen LogP contribution in [-0.4, -0.2) is 70.8 Å². The number of ether oxygens (including phenoxy) is 4. The summed E-state index contributed by atoms with van der Waals surface area (Å²) in [6.07, 6.45) is 0. The molecule has 0 aliphatic carbocycles. The lowest BCUT2D eigenvalue weighted by Gasteiger charge is -2.09. The molecule has 23 heavy (non-hydrogen) atoms. The maximum atomic E-state index is 11.2. The van der Waals surface area contributed by atoms with Gasteiger partial charge in [-0.25, -0.2) is 4.79 Å². The number of aromatic nitrogens is 3. The summed E-state index contributed by atoms with van der Waals surface area (Å²) in [5.74, 6) is -0.525. The zero-order valence-corrected chi connectivity index (χ0v) is 12.7. The maximum absolute atomic E-state index is 11.2. The van der Waals surface area contributed by atoms with Crippen molar-refractivity contribution < 1.29 is 34.0 Å². The molecular weight excluding hydrogens is 310 g/mol. The Balaban J connectivity index is 2.60. The Labute approximate surface area is 132 Å². The Morgan fingerprint density at radius 1 is 0.913 bits per heavy atom. The van der Waals surface area contributed by atoms with Gasteiger partial charge in [0.25, 0.3) is 0 Å². The van der Waals surface area contributed by atoms with Crippen molar-refractivity contribution in [3.8, 4) is 18.0 Å². The Morgan fingerprint density at radius 2 is 1.35 bits per heavy atom. The van der Waals surface area contributed by atoms with Gasteiger partial charge in [0.15, 0.2) is 0 Å². The van der Waals surface area contributed by atoms with E-state index in [0.717, 1.165) is 0 Å². The van der Waals surface area contributed by atoms with E-state index in [0.29, 0.717) is 0 Å². The monoisotopic (exact) mass is 329 g/mol. The van der Waals surface area contributed by atoms with E-state index in [-0.39, 0.29) is 63.2 Å². The largest absolute Gasteiger partial charge is 0.461 e. The molecule has 0 saturated heterocycles. The predicted molar refractivity (Wildman–Crippen MR) is 76.3 cm³/mol. The van der Waals surface area contributed by atoms with E-state index >= 15 is 0 Å². The molecule has 0 saturated carbocycles. The van der Waals surface area contributed by atoms with Crippen LogP contribution in [0.15, 0.2) is 12.2 Å². The molecule has 1 rings (SSSR count). The van der Waals surface area contributed by atoms with Crippen LogP contribution in [0.5, 0.6) is 18.0 Å². The van der Waals surface area contributed by atoms with Gasteiger partial charge < -0.3 is 29.2 Å². The summed E-state index contributed by atoms with van der Waals surface area (Å²) in [7, 11) is 0. The molecule has 0 aliphatic rings. The Hall–Kier alpha value is -2.46. The molecule has 1 aromatic rings. The number of aliphatic hydroxyl groups excluding tert-OH is 2. The van der Waals surface area contributed by atoms with Crippen molar-refractivity contribution in [2.24, 2.45) is 0 Å². The third-order valence-corrected chi connectivity index (χ3v) is 2.11. The summed E-state index contributed by atoms with van der Waals surface area (Å²) in [4.78, 5) is 22.7. The minimum absolute atomic E-state index is 0.00190. The van der Waals surface area contributed by atoms with E-state index in [1.807, 2.05) is 0 Å². The van der Waals surface area contributed by atoms with Crippen LogP contribution in [0.25, 0.3) is 0 Å². The van der Waals surface area contributed by atoms with E-state index in [1.165, 1.54) is 6.92 Å². The molecule has 0 fully saturated rings. The maximum Gasteiger partial charge on any atom is 0.333 e. The van der Waals surface area contributed by atoms with Gasteiger partial charge in [-0.15, -0.1) is 15.0 Å². The molecule has 0 aliphatic heterocycles. The summed E-state index contributed by atoms with van der Waals surface area (Å²) < 4.78 is 20.2. The molecule has 0 aromatic carbocycles. The molecule has 0 bridgehead atoms. The lowest BCUT2D eigenvalue weighted by molar-refractivity contribution is -0.139. The van der Waals surface area contributed by atoms with E-state index in [2.05, 4.69) is 21.5 Å². The van der Waals surface area contributed by atoms with Gasteiger partial charge >= 0.3 is 24.0 Å². The van der Waals surface area contributed by atoms with E-state index < -0.39 is 5.97 Å². The molecule has 10 nitrogen and oxygen atoms in total. The molecule has 10 heteroatoms. The smallest absolute Gasteiger partial charge is 0.333 e. The van der Waals surface area contributed by atoms with Gasteiger partial charge in [-0.05, 0) is 6.92 Å². The lowest BCUT2D eigenvalue weighted by atomic mass is 10.4. The minimum atomic E-state index is -0.525. The number of hydrogen-bond acceptors (Lipinski definition) is 10. The minimum Gasteiger partial charge on any atom is -0.461 e. The summed E-state index contributed by atoms with van der Waals surface area (Å²) >= 11 is 0. The van der Waals surface area contributed by atoms with Crippen molar-refractivity contribution in [2.75, 3.05) is 39.6 Å². The number of carbonyl (C=O) groups excluding carboxylic acids is 1. The van der Waals surface area contributed by atoms with Gasteiger partial charge in [-0.1, -0.05) is 6.58 Å². The first-order chi connectivity index (χ1) is 11.1. The molecule has 0 amide bonds. The van der Waals surface area contributed by atoms with Crippen LogP contribution in [0, 0.1) is 0 Å². The van der Waals surface area contributed by atoms with E-state index in [1.54, 1.807) is 0 Å². The molecular formula is C13H19N3O7.